The molecule has 0 aliphatic rings. The Labute approximate surface area is 162 Å². The van der Waals surface area contributed by atoms with E-state index in [2.05, 4.69) is 20.7 Å². The number of nitrogens with zero attached hydrogens (tertiary/aromatic N) is 2. The molecule has 0 radical (unpaired) electrons. The number of H-pyrrole nitrogens is 1. The zero-order valence-corrected chi connectivity index (χ0v) is 15.7. The Bertz CT molecular complexity index is 980. The smallest absolute Gasteiger partial charge is 0.289 e. The van der Waals surface area contributed by atoms with Gasteiger partial charge in [-0.15, -0.1) is 0 Å². The maximum atomic E-state index is 12.3. The van der Waals surface area contributed by atoms with Gasteiger partial charge >= 0.3 is 0 Å². The predicted octanol–water partition coefficient (Wildman–Crippen LogP) is 2.87. The third-order valence-corrected chi connectivity index (χ3v) is 4.01. The lowest BCUT2D eigenvalue weighted by molar-refractivity contribution is 0.0950. The van der Waals surface area contributed by atoms with Crippen LogP contribution in [0.15, 0.2) is 53.6 Å². The number of benzene rings is 2. The number of hydrazone groups is 1. The fourth-order valence-corrected chi connectivity index (χ4v) is 2.51. The van der Waals surface area contributed by atoms with Gasteiger partial charge in [0.15, 0.2) is 0 Å². The Morgan fingerprint density at radius 2 is 1.71 bits per heavy atom. The minimum Gasteiger partial charge on any atom is -0.497 e. The summed E-state index contributed by atoms with van der Waals surface area (Å²) in [4.78, 5) is 12.3. The number of hydrogen-bond acceptors (Lipinski definition) is 6. The van der Waals surface area contributed by atoms with Crippen molar-refractivity contribution in [1.82, 2.24) is 15.6 Å². The van der Waals surface area contributed by atoms with Crippen molar-refractivity contribution in [2.24, 2.45) is 5.10 Å². The number of carbonyl (C=O) groups is 1. The molecule has 3 aromatic rings. The van der Waals surface area contributed by atoms with Crippen molar-refractivity contribution in [2.75, 3.05) is 21.3 Å². The molecule has 0 aliphatic carbocycles. The normalized spacial score (nSPS) is 10.7. The lowest BCUT2D eigenvalue weighted by Crippen LogP contribution is -2.18. The first-order valence-electron chi connectivity index (χ1n) is 8.40. The van der Waals surface area contributed by atoms with Gasteiger partial charge in [0.1, 0.15) is 22.9 Å². The van der Waals surface area contributed by atoms with Crippen LogP contribution < -0.4 is 19.6 Å². The van der Waals surface area contributed by atoms with Crippen LogP contribution in [0, 0.1) is 0 Å². The third-order valence-electron chi connectivity index (χ3n) is 4.01. The summed E-state index contributed by atoms with van der Waals surface area (Å²) in [6, 6.07) is 14.3. The zero-order valence-electron chi connectivity index (χ0n) is 15.7. The maximum Gasteiger partial charge on any atom is 0.289 e. The van der Waals surface area contributed by atoms with Crippen molar-refractivity contribution in [3.05, 3.63) is 59.8 Å². The van der Waals surface area contributed by atoms with E-state index in [9.17, 15) is 4.79 Å². The Kier molecular flexibility index (Phi) is 5.91. The molecular formula is C20H20N4O4. The van der Waals surface area contributed by atoms with Crippen molar-refractivity contribution in [1.29, 1.82) is 0 Å². The van der Waals surface area contributed by atoms with E-state index in [0.717, 1.165) is 11.3 Å². The van der Waals surface area contributed by atoms with Gasteiger partial charge in [-0.25, -0.2) is 5.43 Å². The molecule has 0 spiro atoms. The maximum absolute atomic E-state index is 12.3. The van der Waals surface area contributed by atoms with E-state index in [-0.39, 0.29) is 0 Å². The minimum absolute atomic E-state index is 0.292. The molecule has 8 heteroatoms. The molecule has 0 saturated carbocycles. The second-order valence-corrected chi connectivity index (χ2v) is 5.70. The Hall–Kier alpha value is -3.81. The molecule has 3 rings (SSSR count). The minimum atomic E-state index is -0.412. The quantitative estimate of drug-likeness (QED) is 0.485. The highest BCUT2D eigenvalue weighted by Crippen LogP contribution is 2.22. The van der Waals surface area contributed by atoms with Crippen LogP contribution in [0.1, 0.15) is 16.1 Å². The molecule has 144 valence electrons. The second-order valence-electron chi connectivity index (χ2n) is 5.70. The van der Waals surface area contributed by atoms with Gasteiger partial charge in [0.05, 0.1) is 33.2 Å². The van der Waals surface area contributed by atoms with E-state index in [1.165, 1.54) is 6.21 Å². The third kappa shape index (κ3) is 4.29. The van der Waals surface area contributed by atoms with Crippen LogP contribution in [-0.2, 0) is 0 Å². The molecule has 1 aromatic heterocycles. The summed E-state index contributed by atoms with van der Waals surface area (Å²) in [5.74, 6) is 1.61. The highest BCUT2D eigenvalue weighted by atomic mass is 16.5. The van der Waals surface area contributed by atoms with Gasteiger partial charge in [-0.2, -0.15) is 10.2 Å². The lowest BCUT2D eigenvalue weighted by atomic mass is 10.1. The summed E-state index contributed by atoms with van der Waals surface area (Å²) in [5, 5.41) is 10.9. The van der Waals surface area contributed by atoms with E-state index < -0.39 is 5.91 Å². The number of nitrogens with one attached hydrogen (secondary N) is 2. The number of methoxy groups -OCH3 is 3. The molecule has 28 heavy (non-hydrogen) atoms. The standard InChI is InChI=1S/C20H20N4O4/c1-26-15-6-4-13(5-7-15)17-11-18(23-22-17)20(25)24-21-12-14-10-16(27-2)8-9-19(14)28-3/h4-12H,1-3H3,(H,22,23)(H,24,25)/b21-12-. The number of carbonyl (C=O) groups excluding carboxylic acids is 1. The molecule has 0 bridgehead atoms. The van der Waals surface area contributed by atoms with E-state index >= 15 is 0 Å². The molecule has 2 aromatic carbocycles. The first-order chi connectivity index (χ1) is 13.6. The summed E-state index contributed by atoms with van der Waals surface area (Å²) in [7, 11) is 4.74. The first kappa shape index (κ1) is 19.0. The molecule has 1 heterocycles. The number of aromatic nitrogens is 2. The Morgan fingerprint density at radius 1 is 1.00 bits per heavy atom. The summed E-state index contributed by atoms with van der Waals surface area (Å²) in [5.41, 5.74) is 4.93. The van der Waals surface area contributed by atoms with E-state index in [4.69, 9.17) is 14.2 Å². The van der Waals surface area contributed by atoms with Gasteiger partial charge < -0.3 is 14.2 Å². The van der Waals surface area contributed by atoms with Gasteiger partial charge in [-0.3, -0.25) is 9.89 Å². The largest absolute Gasteiger partial charge is 0.497 e. The summed E-state index contributed by atoms with van der Waals surface area (Å²) in [6.45, 7) is 0. The second kappa shape index (κ2) is 8.72. The number of amides is 1. The van der Waals surface area contributed by atoms with Crippen LogP contribution in [0.2, 0.25) is 0 Å². The molecule has 2 N–H and O–H groups in total. The summed E-state index contributed by atoms with van der Waals surface area (Å²) >= 11 is 0. The number of hydrogen-bond donors (Lipinski definition) is 2. The fraction of sp³-hybridized carbons (Fsp3) is 0.150. The van der Waals surface area contributed by atoms with Crippen molar-refractivity contribution in [3.63, 3.8) is 0 Å². The van der Waals surface area contributed by atoms with E-state index in [1.54, 1.807) is 45.6 Å². The lowest BCUT2D eigenvalue weighted by Gasteiger charge is -2.06. The number of rotatable bonds is 7. The van der Waals surface area contributed by atoms with Gasteiger partial charge in [0.2, 0.25) is 0 Å². The van der Waals surface area contributed by atoms with E-state index in [1.807, 2.05) is 24.3 Å². The highest BCUT2D eigenvalue weighted by molar-refractivity contribution is 5.94. The first-order valence-corrected chi connectivity index (χ1v) is 8.40. The molecular weight excluding hydrogens is 360 g/mol. The van der Waals surface area contributed by atoms with Crippen molar-refractivity contribution in [2.45, 2.75) is 0 Å². The highest BCUT2D eigenvalue weighted by Gasteiger charge is 2.11. The molecule has 0 fully saturated rings. The molecule has 0 aliphatic heterocycles. The molecule has 0 atom stereocenters. The van der Waals surface area contributed by atoms with E-state index in [0.29, 0.717) is 28.5 Å². The van der Waals surface area contributed by atoms with Crippen LogP contribution in [0.25, 0.3) is 11.3 Å². The average Bonchev–Trinajstić information content (AvgIpc) is 3.24. The van der Waals surface area contributed by atoms with Crippen LogP contribution in [0.5, 0.6) is 17.2 Å². The van der Waals surface area contributed by atoms with Crippen molar-refractivity contribution < 1.29 is 19.0 Å². The van der Waals surface area contributed by atoms with Gasteiger partial charge in [-0.1, -0.05) is 0 Å². The van der Waals surface area contributed by atoms with Crippen molar-refractivity contribution in [3.8, 4) is 28.5 Å². The number of aromatic amines is 1. The Balaban J connectivity index is 1.68. The van der Waals surface area contributed by atoms with Crippen LogP contribution >= 0.6 is 0 Å². The molecule has 0 unspecified atom stereocenters. The van der Waals surface area contributed by atoms with Crippen LogP contribution in [0.4, 0.5) is 0 Å². The predicted molar refractivity (Wildman–Crippen MR) is 105 cm³/mol. The topological polar surface area (TPSA) is 97.8 Å². The zero-order chi connectivity index (χ0) is 19.9. The van der Waals surface area contributed by atoms with Crippen LogP contribution in [-0.4, -0.2) is 43.6 Å². The Morgan fingerprint density at radius 3 is 2.39 bits per heavy atom. The fourth-order valence-electron chi connectivity index (χ4n) is 2.51. The van der Waals surface area contributed by atoms with Gasteiger partial charge in [0, 0.05) is 11.1 Å². The van der Waals surface area contributed by atoms with Crippen molar-refractivity contribution >= 4 is 12.1 Å². The molecule has 1 amide bonds. The molecule has 0 saturated heterocycles. The van der Waals surface area contributed by atoms with Crippen LogP contribution in [0.3, 0.4) is 0 Å². The summed E-state index contributed by atoms with van der Waals surface area (Å²) < 4.78 is 15.6. The number of ether oxygens (including phenoxy) is 3. The van der Waals surface area contributed by atoms with Gasteiger partial charge in [-0.05, 0) is 48.5 Å². The summed E-state index contributed by atoms with van der Waals surface area (Å²) in [6.07, 6.45) is 1.49. The molecule has 8 nitrogen and oxygen atoms in total. The average molecular weight is 380 g/mol. The monoisotopic (exact) mass is 380 g/mol. The SMILES string of the molecule is COc1ccc(-c2cc(C(=O)N/N=C\c3cc(OC)ccc3OC)[nH]n2)cc1. The van der Waals surface area contributed by atoms with Gasteiger partial charge in [0.25, 0.3) is 5.91 Å².